The fourth-order valence-corrected chi connectivity index (χ4v) is 8.21. The first-order chi connectivity index (χ1) is 17.9. The van der Waals surface area contributed by atoms with E-state index in [1.54, 1.807) is 29.2 Å². The number of aromatic nitrogens is 1. The molecule has 0 radical (unpaired) electrons. The Hall–Kier alpha value is -2.73. The lowest BCUT2D eigenvalue weighted by molar-refractivity contribution is -0.136. The van der Waals surface area contributed by atoms with Crippen LogP contribution in [0.5, 0.6) is 0 Å². The number of carbonyl (C=O) groups is 3. The molecule has 0 bridgehead atoms. The Balaban J connectivity index is 1.42. The molecule has 0 aliphatic carbocycles. The maximum Gasteiger partial charge on any atom is 0.308 e. The van der Waals surface area contributed by atoms with Crippen LogP contribution in [0.1, 0.15) is 16.4 Å². The number of morpholine rings is 1. The number of fused-ring (bicyclic) bond motifs is 2. The van der Waals surface area contributed by atoms with Gasteiger partial charge >= 0.3 is 4.87 Å². The first-order valence-corrected chi connectivity index (χ1v) is 14.4. The maximum atomic E-state index is 13.8. The number of hydrogen-bond donors (Lipinski definition) is 0. The number of carbonyl (C=O) groups excluding carboxylic acids is 3. The molecule has 4 heterocycles. The van der Waals surface area contributed by atoms with E-state index in [-0.39, 0.29) is 29.1 Å². The second-order valence-electron chi connectivity index (χ2n) is 9.06. The fourth-order valence-electron chi connectivity index (χ4n) is 5.17. The number of halogens is 1. The number of thioether (sulfide) groups is 1. The standard InChI is InChI=1S/C26H22BrN3O5S2/c27-16-6-8-17(9-7-16)30-23(32)20-19(15-4-2-1-3-5-15)22-25(36-21(20)24(30)33)29(26(34)37-22)14-18(31)28-10-12-35-13-11-28/h1-9,19-21H,10-14H2. The molecule has 0 N–H and O–H groups in total. The number of amides is 3. The molecule has 3 aliphatic rings. The van der Waals surface area contributed by atoms with Crippen molar-refractivity contribution in [3.05, 3.63) is 79.2 Å². The quantitative estimate of drug-likeness (QED) is 0.427. The van der Waals surface area contributed by atoms with Gasteiger partial charge in [0.1, 0.15) is 11.8 Å². The van der Waals surface area contributed by atoms with Crippen LogP contribution in [0.15, 0.2) is 68.9 Å². The van der Waals surface area contributed by atoms with E-state index in [4.69, 9.17) is 4.74 Å². The number of imide groups is 1. The molecule has 2 fully saturated rings. The molecule has 37 heavy (non-hydrogen) atoms. The smallest absolute Gasteiger partial charge is 0.308 e. The minimum atomic E-state index is -0.701. The molecule has 11 heteroatoms. The summed E-state index contributed by atoms with van der Waals surface area (Å²) < 4.78 is 7.67. The van der Waals surface area contributed by atoms with Crippen LogP contribution in [0.4, 0.5) is 5.69 Å². The van der Waals surface area contributed by atoms with Gasteiger partial charge < -0.3 is 9.64 Å². The molecule has 2 aromatic carbocycles. The molecule has 3 aromatic rings. The van der Waals surface area contributed by atoms with Crippen molar-refractivity contribution in [2.45, 2.75) is 22.7 Å². The molecule has 1 aromatic heterocycles. The van der Waals surface area contributed by atoms with Crippen molar-refractivity contribution in [2.75, 3.05) is 31.2 Å². The van der Waals surface area contributed by atoms with Crippen molar-refractivity contribution in [1.29, 1.82) is 0 Å². The topological polar surface area (TPSA) is 88.9 Å². The fraction of sp³-hybridized carbons (Fsp3) is 0.308. The lowest BCUT2D eigenvalue weighted by Gasteiger charge is -2.31. The number of thiazole rings is 1. The van der Waals surface area contributed by atoms with Gasteiger partial charge in [-0.15, -0.1) is 0 Å². The summed E-state index contributed by atoms with van der Waals surface area (Å²) in [6.07, 6.45) is 0. The molecule has 3 unspecified atom stereocenters. The number of nitrogens with zero attached hydrogens (tertiary/aromatic N) is 3. The summed E-state index contributed by atoms with van der Waals surface area (Å²) in [5, 5.41) is -0.0990. The van der Waals surface area contributed by atoms with Crippen molar-refractivity contribution in [1.82, 2.24) is 9.47 Å². The van der Waals surface area contributed by atoms with Crippen molar-refractivity contribution in [2.24, 2.45) is 5.92 Å². The number of ether oxygens (including phenoxy) is 1. The summed E-state index contributed by atoms with van der Waals surface area (Å²) >= 11 is 5.70. The zero-order chi connectivity index (χ0) is 25.7. The third-order valence-electron chi connectivity index (χ3n) is 6.95. The van der Waals surface area contributed by atoms with Gasteiger partial charge in [0.2, 0.25) is 17.7 Å². The number of rotatable bonds is 4. The van der Waals surface area contributed by atoms with Crippen molar-refractivity contribution < 1.29 is 19.1 Å². The van der Waals surface area contributed by atoms with Crippen LogP contribution in [0, 0.1) is 5.92 Å². The molecule has 3 atom stereocenters. The molecule has 0 spiro atoms. The summed E-state index contributed by atoms with van der Waals surface area (Å²) in [5.41, 5.74) is 1.38. The minimum Gasteiger partial charge on any atom is -0.378 e. The second-order valence-corrected chi connectivity index (χ2v) is 12.1. The minimum absolute atomic E-state index is 0.102. The Kier molecular flexibility index (Phi) is 6.56. The van der Waals surface area contributed by atoms with E-state index in [0.29, 0.717) is 37.0 Å². The van der Waals surface area contributed by atoms with Crippen molar-refractivity contribution >= 4 is 62.4 Å². The summed E-state index contributed by atoms with van der Waals surface area (Å²) in [6, 6.07) is 16.6. The van der Waals surface area contributed by atoms with E-state index in [0.717, 1.165) is 26.3 Å². The molecule has 190 valence electrons. The van der Waals surface area contributed by atoms with E-state index < -0.39 is 17.1 Å². The van der Waals surface area contributed by atoms with Crippen LogP contribution in [0.25, 0.3) is 0 Å². The van der Waals surface area contributed by atoms with E-state index in [2.05, 4.69) is 15.9 Å². The van der Waals surface area contributed by atoms with Gasteiger partial charge in [0, 0.05) is 28.4 Å². The second kappa shape index (κ2) is 9.86. The van der Waals surface area contributed by atoms with Gasteiger partial charge in [0.25, 0.3) is 0 Å². The van der Waals surface area contributed by atoms with Crippen LogP contribution < -0.4 is 9.77 Å². The zero-order valence-electron chi connectivity index (χ0n) is 19.5. The average molecular weight is 601 g/mol. The number of benzene rings is 2. The zero-order valence-corrected chi connectivity index (χ0v) is 22.8. The van der Waals surface area contributed by atoms with Gasteiger partial charge in [0.15, 0.2) is 0 Å². The van der Waals surface area contributed by atoms with Gasteiger partial charge in [-0.3, -0.25) is 23.7 Å². The van der Waals surface area contributed by atoms with E-state index in [1.807, 2.05) is 30.3 Å². The summed E-state index contributed by atoms with van der Waals surface area (Å²) in [6.45, 7) is 1.81. The summed E-state index contributed by atoms with van der Waals surface area (Å²) in [5.74, 6) is -1.86. The van der Waals surface area contributed by atoms with E-state index in [1.165, 1.54) is 21.2 Å². The monoisotopic (exact) mass is 599 g/mol. The van der Waals surface area contributed by atoms with Crippen LogP contribution >= 0.6 is 39.0 Å². The SMILES string of the molecule is O=C(Cn1c2c(sc1=O)C(c1ccccc1)C1C(=O)N(c3ccc(Br)cc3)C(=O)C1S2)N1CCOCC1. The Labute approximate surface area is 229 Å². The predicted molar refractivity (Wildman–Crippen MR) is 144 cm³/mol. The van der Waals surface area contributed by atoms with Gasteiger partial charge in [0.05, 0.1) is 29.8 Å². The summed E-state index contributed by atoms with van der Waals surface area (Å²) in [7, 11) is 0. The first kappa shape index (κ1) is 24.6. The molecule has 3 amide bonds. The molecular formula is C26H22BrN3O5S2. The largest absolute Gasteiger partial charge is 0.378 e. The molecule has 6 rings (SSSR count). The van der Waals surface area contributed by atoms with Crippen LogP contribution in [-0.4, -0.2) is 58.7 Å². The van der Waals surface area contributed by atoms with Crippen LogP contribution in [0.3, 0.4) is 0 Å². The normalized spacial score (nSPS) is 23.2. The average Bonchev–Trinajstić information content (AvgIpc) is 3.36. The molecule has 3 aliphatic heterocycles. The Morgan fingerprint density at radius 3 is 2.38 bits per heavy atom. The predicted octanol–water partition coefficient (Wildman–Crippen LogP) is 3.33. The van der Waals surface area contributed by atoms with E-state index >= 15 is 0 Å². The van der Waals surface area contributed by atoms with Crippen LogP contribution in [0.2, 0.25) is 0 Å². The highest BCUT2D eigenvalue weighted by Crippen LogP contribution is 2.53. The van der Waals surface area contributed by atoms with Crippen LogP contribution in [-0.2, 0) is 25.7 Å². The van der Waals surface area contributed by atoms with Gasteiger partial charge in [-0.05, 0) is 29.8 Å². The third kappa shape index (κ3) is 4.27. The summed E-state index contributed by atoms with van der Waals surface area (Å²) in [4.78, 5) is 57.2. The third-order valence-corrected chi connectivity index (χ3v) is 10.1. The highest BCUT2D eigenvalue weighted by Gasteiger charge is 2.56. The molecular weight excluding hydrogens is 578 g/mol. The Morgan fingerprint density at radius 1 is 0.973 bits per heavy atom. The Bertz CT molecular complexity index is 1430. The van der Waals surface area contributed by atoms with Crippen molar-refractivity contribution in [3.63, 3.8) is 0 Å². The number of hydrogen-bond acceptors (Lipinski definition) is 7. The maximum absolute atomic E-state index is 13.8. The Morgan fingerprint density at radius 2 is 1.68 bits per heavy atom. The molecule has 0 saturated carbocycles. The molecule has 2 saturated heterocycles. The molecule has 8 nitrogen and oxygen atoms in total. The first-order valence-electron chi connectivity index (χ1n) is 11.9. The highest BCUT2D eigenvalue weighted by atomic mass is 79.9. The van der Waals surface area contributed by atoms with Gasteiger partial charge in [-0.1, -0.05) is 69.4 Å². The highest BCUT2D eigenvalue weighted by molar-refractivity contribution is 9.10. The van der Waals surface area contributed by atoms with E-state index in [9.17, 15) is 19.2 Å². The van der Waals surface area contributed by atoms with Crippen molar-refractivity contribution in [3.8, 4) is 0 Å². The number of anilines is 1. The lowest BCUT2D eigenvalue weighted by Crippen LogP contribution is -2.43. The lowest BCUT2D eigenvalue weighted by atomic mass is 9.83. The van der Waals surface area contributed by atoms with Gasteiger partial charge in [-0.2, -0.15) is 0 Å². The van der Waals surface area contributed by atoms with Gasteiger partial charge in [-0.25, -0.2) is 4.90 Å².